The summed E-state index contributed by atoms with van der Waals surface area (Å²) in [5.41, 5.74) is 7.68. The Hall–Kier alpha value is -1.71. The maximum absolute atomic E-state index is 11.7. The topological polar surface area (TPSA) is 61.2 Å². The van der Waals surface area contributed by atoms with Gasteiger partial charge in [0, 0.05) is 18.3 Å². The highest BCUT2D eigenvalue weighted by Gasteiger charge is 2.08. The number of nitrogens with two attached hydrogens (primary N) is 1. The fraction of sp³-hybridized carbons (Fsp3) is 0.462. The second-order valence-electron chi connectivity index (χ2n) is 4.31. The summed E-state index contributed by atoms with van der Waals surface area (Å²) in [6.07, 6.45) is 4.55. The molecule has 0 amide bonds. The van der Waals surface area contributed by atoms with E-state index < -0.39 is 0 Å². The zero-order valence-corrected chi connectivity index (χ0v) is 10.1. The summed E-state index contributed by atoms with van der Waals surface area (Å²) in [4.78, 5) is 11.7. The standard InChI is InChI=1S/C13H18N2O2/c1-2-3-4-5-8-15-11-7-6-10(14)9-12(11)17-13(15)16/h6-7,9H,2-5,8,14H2,1H3. The van der Waals surface area contributed by atoms with Crippen LogP contribution in [0, 0.1) is 0 Å². The smallest absolute Gasteiger partial charge is 0.408 e. The van der Waals surface area contributed by atoms with Gasteiger partial charge in [0.2, 0.25) is 0 Å². The van der Waals surface area contributed by atoms with Crippen LogP contribution in [0.2, 0.25) is 0 Å². The van der Waals surface area contributed by atoms with E-state index in [4.69, 9.17) is 10.2 Å². The van der Waals surface area contributed by atoms with Crippen LogP contribution in [0.25, 0.3) is 11.1 Å². The van der Waals surface area contributed by atoms with Crippen molar-refractivity contribution in [2.45, 2.75) is 39.2 Å². The molecule has 1 heterocycles. The fourth-order valence-corrected chi connectivity index (χ4v) is 1.99. The van der Waals surface area contributed by atoms with Gasteiger partial charge in [-0.2, -0.15) is 0 Å². The molecule has 2 rings (SSSR count). The Kier molecular flexibility index (Phi) is 3.52. The quantitative estimate of drug-likeness (QED) is 0.639. The first-order valence-corrected chi connectivity index (χ1v) is 6.11. The van der Waals surface area contributed by atoms with E-state index in [9.17, 15) is 4.79 Å². The van der Waals surface area contributed by atoms with Gasteiger partial charge < -0.3 is 10.2 Å². The molecule has 1 aromatic carbocycles. The molecule has 4 heteroatoms. The number of hydrogen-bond acceptors (Lipinski definition) is 3. The summed E-state index contributed by atoms with van der Waals surface area (Å²) in [6.45, 7) is 2.89. The molecule has 0 unspecified atom stereocenters. The van der Waals surface area contributed by atoms with Crippen molar-refractivity contribution >= 4 is 16.8 Å². The van der Waals surface area contributed by atoms with Crippen molar-refractivity contribution in [3.63, 3.8) is 0 Å². The summed E-state index contributed by atoms with van der Waals surface area (Å²) < 4.78 is 6.85. The first kappa shape index (κ1) is 11.8. The van der Waals surface area contributed by atoms with Crippen LogP contribution < -0.4 is 11.5 Å². The number of oxazole rings is 1. The largest absolute Gasteiger partial charge is 0.419 e. The van der Waals surface area contributed by atoms with Gasteiger partial charge in [-0.05, 0) is 18.6 Å². The van der Waals surface area contributed by atoms with Crippen LogP contribution in [0.4, 0.5) is 5.69 Å². The number of benzene rings is 1. The van der Waals surface area contributed by atoms with Crippen LogP contribution in [0.5, 0.6) is 0 Å². The van der Waals surface area contributed by atoms with E-state index in [1.54, 1.807) is 16.7 Å². The van der Waals surface area contributed by atoms with Gasteiger partial charge in [0.25, 0.3) is 0 Å². The Balaban J connectivity index is 2.21. The van der Waals surface area contributed by atoms with Gasteiger partial charge in [0.15, 0.2) is 5.58 Å². The number of unbranched alkanes of at least 4 members (excludes halogenated alkanes) is 3. The second-order valence-corrected chi connectivity index (χ2v) is 4.31. The lowest BCUT2D eigenvalue weighted by molar-refractivity contribution is 0.489. The molecule has 0 bridgehead atoms. The number of nitrogen functional groups attached to an aromatic ring is 1. The molecule has 0 fully saturated rings. The van der Waals surface area contributed by atoms with E-state index in [0.29, 0.717) is 11.3 Å². The predicted molar refractivity (Wildman–Crippen MR) is 69.0 cm³/mol. The molecule has 0 saturated carbocycles. The van der Waals surface area contributed by atoms with Crippen LogP contribution in [0.1, 0.15) is 32.6 Å². The zero-order chi connectivity index (χ0) is 12.3. The van der Waals surface area contributed by atoms with Crippen molar-refractivity contribution in [2.75, 3.05) is 5.73 Å². The summed E-state index contributed by atoms with van der Waals surface area (Å²) in [5.74, 6) is -0.290. The lowest BCUT2D eigenvalue weighted by atomic mass is 10.2. The van der Waals surface area contributed by atoms with Crippen molar-refractivity contribution in [3.8, 4) is 0 Å². The molecule has 0 spiro atoms. The normalized spacial score (nSPS) is 11.1. The Morgan fingerprint density at radius 2 is 2.12 bits per heavy atom. The number of anilines is 1. The van der Waals surface area contributed by atoms with Crippen LogP contribution in [0.3, 0.4) is 0 Å². The minimum Gasteiger partial charge on any atom is -0.408 e. The summed E-state index contributed by atoms with van der Waals surface area (Å²) in [7, 11) is 0. The lowest BCUT2D eigenvalue weighted by Crippen LogP contribution is -2.14. The number of fused-ring (bicyclic) bond motifs is 1. The SMILES string of the molecule is CCCCCCn1c(=O)oc2cc(N)ccc21. The van der Waals surface area contributed by atoms with E-state index in [1.165, 1.54) is 12.8 Å². The van der Waals surface area contributed by atoms with Crippen molar-refractivity contribution in [3.05, 3.63) is 28.7 Å². The van der Waals surface area contributed by atoms with Crippen molar-refractivity contribution < 1.29 is 4.42 Å². The molecule has 0 saturated heterocycles. The van der Waals surface area contributed by atoms with Crippen LogP contribution >= 0.6 is 0 Å². The number of hydrogen-bond donors (Lipinski definition) is 1. The van der Waals surface area contributed by atoms with E-state index in [-0.39, 0.29) is 5.76 Å². The van der Waals surface area contributed by atoms with E-state index in [1.807, 2.05) is 6.07 Å². The summed E-state index contributed by atoms with van der Waals surface area (Å²) in [5, 5.41) is 0. The third kappa shape index (κ3) is 2.52. The van der Waals surface area contributed by atoms with Crippen molar-refractivity contribution in [1.82, 2.24) is 4.57 Å². The Morgan fingerprint density at radius 1 is 1.29 bits per heavy atom. The molecule has 0 radical (unpaired) electrons. The average Bonchev–Trinajstić information content (AvgIpc) is 2.60. The van der Waals surface area contributed by atoms with Crippen LogP contribution in [0.15, 0.2) is 27.4 Å². The molecule has 0 aliphatic heterocycles. The molecule has 0 aliphatic rings. The second kappa shape index (κ2) is 5.08. The van der Waals surface area contributed by atoms with Gasteiger partial charge in [-0.15, -0.1) is 0 Å². The monoisotopic (exact) mass is 234 g/mol. The molecule has 2 N–H and O–H groups in total. The highest BCUT2D eigenvalue weighted by Crippen LogP contribution is 2.16. The summed E-state index contributed by atoms with van der Waals surface area (Å²) >= 11 is 0. The number of aryl methyl sites for hydroxylation is 1. The number of nitrogens with zero attached hydrogens (tertiary/aromatic N) is 1. The minimum absolute atomic E-state index is 0.290. The van der Waals surface area contributed by atoms with Gasteiger partial charge >= 0.3 is 5.76 Å². The number of aromatic nitrogens is 1. The molecule has 17 heavy (non-hydrogen) atoms. The molecule has 4 nitrogen and oxygen atoms in total. The molecule has 0 atom stereocenters. The highest BCUT2D eigenvalue weighted by atomic mass is 16.4. The maximum Gasteiger partial charge on any atom is 0.419 e. The van der Waals surface area contributed by atoms with Crippen LogP contribution in [-0.4, -0.2) is 4.57 Å². The van der Waals surface area contributed by atoms with E-state index >= 15 is 0 Å². The van der Waals surface area contributed by atoms with Gasteiger partial charge in [-0.1, -0.05) is 26.2 Å². The van der Waals surface area contributed by atoms with Crippen molar-refractivity contribution in [2.24, 2.45) is 0 Å². The van der Waals surface area contributed by atoms with Crippen LogP contribution in [-0.2, 0) is 6.54 Å². The minimum atomic E-state index is -0.290. The third-order valence-electron chi connectivity index (χ3n) is 2.93. The van der Waals surface area contributed by atoms with Gasteiger partial charge in [0.1, 0.15) is 0 Å². The molecule has 0 aliphatic carbocycles. The molecule has 2 aromatic rings. The Morgan fingerprint density at radius 3 is 2.88 bits per heavy atom. The molecule has 92 valence electrons. The number of rotatable bonds is 5. The maximum atomic E-state index is 11.7. The first-order valence-electron chi connectivity index (χ1n) is 6.11. The lowest BCUT2D eigenvalue weighted by Gasteiger charge is -2.01. The molecular weight excluding hydrogens is 216 g/mol. The van der Waals surface area contributed by atoms with E-state index in [2.05, 4.69) is 6.92 Å². The third-order valence-corrected chi connectivity index (χ3v) is 2.93. The summed E-state index contributed by atoms with van der Waals surface area (Å²) in [6, 6.07) is 5.33. The average molecular weight is 234 g/mol. The van der Waals surface area contributed by atoms with E-state index in [0.717, 1.165) is 24.9 Å². The highest BCUT2D eigenvalue weighted by molar-refractivity contribution is 5.76. The first-order chi connectivity index (χ1) is 8.22. The van der Waals surface area contributed by atoms with Gasteiger partial charge in [-0.3, -0.25) is 4.57 Å². The predicted octanol–water partition coefficient (Wildman–Crippen LogP) is 2.76. The molecule has 1 aromatic heterocycles. The fourth-order valence-electron chi connectivity index (χ4n) is 1.99. The van der Waals surface area contributed by atoms with Crippen molar-refractivity contribution in [1.29, 1.82) is 0 Å². The van der Waals surface area contributed by atoms with Gasteiger partial charge in [-0.25, -0.2) is 4.79 Å². The Labute approximate surface area is 100 Å². The van der Waals surface area contributed by atoms with Gasteiger partial charge in [0.05, 0.1) is 5.52 Å². The zero-order valence-electron chi connectivity index (χ0n) is 10.1. The Bertz CT molecular complexity index is 554. The molecular formula is C13H18N2O2.